The first-order valence-electron chi connectivity index (χ1n) is 7.53. The second kappa shape index (κ2) is 7.92. The lowest BCUT2D eigenvalue weighted by atomic mass is 10.2. The van der Waals surface area contributed by atoms with Crippen molar-refractivity contribution in [3.8, 4) is 11.5 Å². The molecule has 2 aromatic rings. The number of methoxy groups -OCH3 is 1. The minimum atomic E-state index is 0.00709. The minimum Gasteiger partial charge on any atom is -0.493 e. The summed E-state index contributed by atoms with van der Waals surface area (Å²) in [6, 6.07) is 5.57. The Morgan fingerprint density at radius 3 is 2.71 bits per heavy atom. The van der Waals surface area contributed by atoms with Crippen LogP contribution in [0.4, 0.5) is 5.13 Å². The quantitative estimate of drug-likeness (QED) is 0.467. The van der Waals surface area contributed by atoms with E-state index in [2.05, 4.69) is 15.5 Å². The van der Waals surface area contributed by atoms with Gasteiger partial charge in [0.1, 0.15) is 0 Å². The van der Waals surface area contributed by atoms with Gasteiger partial charge < -0.3 is 9.47 Å². The lowest BCUT2D eigenvalue weighted by Gasteiger charge is -2.13. The number of hydrogen-bond acceptors (Lipinski definition) is 7. The highest BCUT2D eigenvalue weighted by Crippen LogP contribution is 2.28. The largest absolute Gasteiger partial charge is 0.493 e. The molecule has 0 aliphatic carbocycles. The molecule has 7 heteroatoms. The molecule has 1 aromatic carbocycles. The fraction of sp³-hybridized carbons (Fsp3) is 0.353. The van der Waals surface area contributed by atoms with Gasteiger partial charge in [0.2, 0.25) is 5.13 Å². The number of rotatable bonds is 7. The number of anilines is 1. The van der Waals surface area contributed by atoms with E-state index in [1.807, 2.05) is 32.0 Å². The number of hydrogen-bond donors (Lipinski definition) is 1. The van der Waals surface area contributed by atoms with Crippen LogP contribution in [-0.4, -0.2) is 30.2 Å². The van der Waals surface area contributed by atoms with Crippen LogP contribution in [0, 0.1) is 6.92 Å². The number of nitrogens with one attached hydrogen (secondary N) is 1. The summed E-state index contributed by atoms with van der Waals surface area (Å²) in [5.74, 6) is 1.35. The normalized spacial score (nSPS) is 11.1. The number of ether oxygens (including phenoxy) is 2. The Morgan fingerprint density at radius 1 is 1.38 bits per heavy atom. The molecule has 0 amide bonds. The average molecular weight is 347 g/mol. The van der Waals surface area contributed by atoms with E-state index in [0.717, 1.165) is 5.56 Å². The summed E-state index contributed by atoms with van der Waals surface area (Å²) in [6.45, 7) is 7.25. The van der Waals surface area contributed by atoms with Crippen molar-refractivity contribution in [2.24, 2.45) is 5.10 Å². The van der Waals surface area contributed by atoms with E-state index in [1.54, 1.807) is 20.2 Å². The number of hydrazone groups is 1. The number of carbonyl (C=O) groups is 1. The number of ketones is 1. The molecule has 0 saturated heterocycles. The van der Waals surface area contributed by atoms with Crippen molar-refractivity contribution in [1.82, 2.24) is 4.98 Å². The molecule has 0 fully saturated rings. The maximum atomic E-state index is 11.4. The Morgan fingerprint density at radius 2 is 2.12 bits per heavy atom. The summed E-state index contributed by atoms with van der Waals surface area (Å²) >= 11 is 1.29. The van der Waals surface area contributed by atoms with Gasteiger partial charge in [-0.25, -0.2) is 4.98 Å². The Bertz CT molecular complexity index is 754. The Kier molecular flexibility index (Phi) is 5.92. The van der Waals surface area contributed by atoms with E-state index in [0.29, 0.717) is 27.2 Å². The van der Waals surface area contributed by atoms with Crippen molar-refractivity contribution in [2.45, 2.75) is 33.8 Å². The molecule has 1 N–H and O–H groups in total. The van der Waals surface area contributed by atoms with Gasteiger partial charge in [-0.3, -0.25) is 10.2 Å². The van der Waals surface area contributed by atoms with Gasteiger partial charge in [-0.15, -0.1) is 0 Å². The fourth-order valence-corrected chi connectivity index (χ4v) is 2.86. The number of benzene rings is 1. The second-order valence-corrected chi connectivity index (χ2v) is 6.44. The Labute approximate surface area is 145 Å². The zero-order valence-electron chi connectivity index (χ0n) is 14.4. The number of aryl methyl sites for hydroxylation is 1. The molecular formula is C17H21N3O3S. The van der Waals surface area contributed by atoms with E-state index in [-0.39, 0.29) is 11.9 Å². The van der Waals surface area contributed by atoms with Crippen molar-refractivity contribution < 1.29 is 14.3 Å². The Balaban J connectivity index is 2.11. The number of carbonyl (C=O) groups excluding carboxylic acids is 1. The summed E-state index contributed by atoms with van der Waals surface area (Å²) in [5, 5.41) is 4.75. The van der Waals surface area contributed by atoms with Crippen LogP contribution >= 0.6 is 11.3 Å². The van der Waals surface area contributed by atoms with Crippen LogP contribution in [0.2, 0.25) is 0 Å². The molecule has 0 bridgehead atoms. The van der Waals surface area contributed by atoms with Gasteiger partial charge in [0.25, 0.3) is 0 Å². The van der Waals surface area contributed by atoms with Crippen LogP contribution in [0.25, 0.3) is 0 Å². The lowest BCUT2D eigenvalue weighted by molar-refractivity contribution is 0.102. The summed E-state index contributed by atoms with van der Waals surface area (Å²) in [4.78, 5) is 16.4. The predicted molar refractivity (Wildman–Crippen MR) is 96.8 cm³/mol. The lowest BCUT2D eigenvalue weighted by Crippen LogP contribution is -2.07. The number of Topliss-reactive ketones (excluding diaryl/α,β-unsaturated/α-hetero) is 1. The van der Waals surface area contributed by atoms with Gasteiger partial charge in [0, 0.05) is 6.92 Å². The van der Waals surface area contributed by atoms with Crippen LogP contribution in [0.15, 0.2) is 23.3 Å². The van der Waals surface area contributed by atoms with Gasteiger partial charge in [-0.2, -0.15) is 5.10 Å². The number of thiazole rings is 1. The molecule has 0 saturated carbocycles. The van der Waals surface area contributed by atoms with Crippen LogP contribution in [-0.2, 0) is 0 Å². The third-order valence-electron chi connectivity index (χ3n) is 3.04. The van der Waals surface area contributed by atoms with E-state index in [4.69, 9.17) is 9.47 Å². The van der Waals surface area contributed by atoms with E-state index in [1.165, 1.54) is 18.3 Å². The summed E-state index contributed by atoms with van der Waals surface area (Å²) < 4.78 is 11.0. The van der Waals surface area contributed by atoms with Crippen LogP contribution in [0.3, 0.4) is 0 Å². The van der Waals surface area contributed by atoms with Crippen molar-refractivity contribution >= 4 is 28.5 Å². The van der Waals surface area contributed by atoms with Gasteiger partial charge >= 0.3 is 0 Å². The van der Waals surface area contributed by atoms with Crippen molar-refractivity contribution in [3.05, 3.63) is 34.3 Å². The maximum absolute atomic E-state index is 11.4. The first-order valence-corrected chi connectivity index (χ1v) is 8.34. The van der Waals surface area contributed by atoms with Gasteiger partial charge in [0.15, 0.2) is 17.3 Å². The molecule has 2 rings (SSSR count). The topological polar surface area (TPSA) is 72.8 Å². The molecule has 6 nitrogen and oxygen atoms in total. The molecule has 0 atom stereocenters. The third-order valence-corrected chi connectivity index (χ3v) is 4.20. The van der Waals surface area contributed by atoms with Crippen molar-refractivity contribution in [2.75, 3.05) is 12.5 Å². The molecule has 0 spiro atoms. The predicted octanol–water partition coefficient (Wildman–Crippen LogP) is 3.90. The van der Waals surface area contributed by atoms with E-state index in [9.17, 15) is 4.79 Å². The van der Waals surface area contributed by atoms with Crippen molar-refractivity contribution in [1.29, 1.82) is 0 Å². The standard InChI is InChI=1S/C17H21N3O3S/c1-10(2)23-15-8-13(6-7-14(15)22-5)9-18-20-17-19-11(3)16(24-17)12(4)21/h6-10H,1-5H3,(H,19,20)/b18-9-. The monoisotopic (exact) mass is 347 g/mol. The maximum Gasteiger partial charge on any atom is 0.204 e. The molecule has 0 aliphatic heterocycles. The zero-order chi connectivity index (χ0) is 17.7. The average Bonchev–Trinajstić information content (AvgIpc) is 2.88. The van der Waals surface area contributed by atoms with E-state index >= 15 is 0 Å². The number of nitrogens with zero attached hydrogens (tertiary/aromatic N) is 2. The van der Waals surface area contributed by atoms with E-state index < -0.39 is 0 Å². The molecule has 24 heavy (non-hydrogen) atoms. The minimum absolute atomic E-state index is 0.00709. The van der Waals surface area contributed by atoms with Crippen LogP contribution in [0.5, 0.6) is 11.5 Å². The highest BCUT2D eigenvalue weighted by Gasteiger charge is 2.11. The third kappa shape index (κ3) is 4.55. The highest BCUT2D eigenvalue weighted by atomic mass is 32.1. The van der Waals surface area contributed by atoms with Crippen LogP contribution < -0.4 is 14.9 Å². The Hall–Kier alpha value is -2.41. The molecule has 128 valence electrons. The molecule has 1 aromatic heterocycles. The summed E-state index contributed by atoms with van der Waals surface area (Å²) in [7, 11) is 1.61. The van der Waals surface area contributed by atoms with Crippen molar-refractivity contribution in [3.63, 3.8) is 0 Å². The molecule has 1 heterocycles. The fourth-order valence-electron chi connectivity index (χ4n) is 2.05. The van der Waals surface area contributed by atoms with Gasteiger partial charge in [-0.1, -0.05) is 11.3 Å². The van der Waals surface area contributed by atoms with Gasteiger partial charge in [-0.05, 0) is 44.5 Å². The highest BCUT2D eigenvalue weighted by molar-refractivity contribution is 7.17. The number of aromatic nitrogens is 1. The smallest absolute Gasteiger partial charge is 0.204 e. The molecular weight excluding hydrogens is 326 g/mol. The molecule has 0 aliphatic rings. The second-order valence-electron chi connectivity index (χ2n) is 5.44. The zero-order valence-corrected chi connectivity index (χ0v) is 15.2. The van der Waals surface area contributed by atoms with Gasteiger partial charge in [0.05, 0.1) is 30.0 Å². The molecule has 0 unspecified atom stereocenters. The SMILES string of the molecule is COc1ccc(/C=N\Nc2nc(C)c(C(C)=O)s2)cc1OC(C)C. The molecule has 0 radical (unpaired) electrons. The summed E-state index contributed by atoms with van der Waals surface area (Å²) in [6.07, 6.45) is 1.71. The first-order chi connectivity index (χ1) is 11.4. The van der Waals surface area contributed by atoms with Crippen LogP contribution in [0.1, 0.15) is 41.7 Å². The summed E-state index contributed by atoms with van der Waals surface area (Å²) in [5.41, 5.74) is 4.42. The first kappa shape index (κ1) is 17.9.